The molecule has 12 heteroatoms. The average molecular weight is 490 g/mol. The Bertz CT molecular complexity index is 1020. The summed E-state index contributed by atoms with van der Waals surface area (Å²) < 4.78 is 63.2. The molecule has 2 aliphatic rings. The molecule has 2 fully saturated rings. The van der Waals surface area contributed by atoms with Gasteiger partial charge in [-0.25, -0.2) is 16.8 Å². The zero-order chi connectivity index (χ0) is 23.4. The first-order valence-corrected chi connectivity index (χ1v) is 13.9. The fourth-order valence-corrected chi connectivity index (χ4v) is 7.59. The number of hydrogen-bond donors (Lipinski definition) is 1. The van der Waals surface area contributed by atoms with E-state index in [2.05, 4.69) is 10.2 Å². The molecule has 1 N–H and O–H groups in total. The van der Waals surface area contributed by atoms with Gasteiger partial charge < -0.3 is 14.8 Å². The summed E-state index contributed by atoms with van der Waals surface area (Å²) in [4.78, 5) is 13.7. The Morgan fingerprint density at radius 1 is 1.31 bits per heavy atom. The van der Waals surface area contributed by atoms with Crippen LogP contribution in [0.15, 0.2) is 23.1 Å². The average Bonchev–Trinajstić information content (AvgIpc) is 3.10. The number of anilines is 1. The van der Waals surface area contributed by atoms with Crippen LogP contribution in [0.4, 0.5) is 5.69 Å². The quantitative estimate of drug-likeness (QED) is 0.534. The van der Waals surface area contributed by atoms with Gasteiger partial charge in [0.05, 0.1) is 42.4 Å². The zero-order valence-corrected chi connectivity index (χ0v) is 20.1. The Morgan fingerprint density at radius 2 is 2.03 bits per heavy atom. The molecule has 1 atom stereocenters. The molecule has 0 saturated carbocycles. The first-order chi connectivity index (χ1) is 15.1. The summed E-state index contributed by atoms with van der Waals surface area (Å²) >= 11 is 0. The first-order valence-electron chi connectivity index (χ1n) is 10.6. The molecular weight excluding hydrogens is 458 g/mol. The number of carbonyl (C=O) groups is 1. The van der Waals surface area contributed by atoms with Crippen molar-refractivity contribution in [3.63, 3.8) is 0 Å². The van der Waals surface area contributed by atoms with Crippen molar-refractivity contribution in [3.05, 3.63) is 18.2 Å². The molecule has 2 heterocycles. The van der Waals surface area contributed by atoms with Crippen LogP contribution in [-0.4, -0.2) is 96.0 Å². The summed E-state index contributed by atoms with van der Waals surface area (Å²) in [5.41, 5.74) is 0.244. The van der Waals surface area contributed by atoms with Gasteiger partial charge in [0.15, 0.2) is 9.84 Å². The third-order valence-electron chi connectivity index (χ3n) is 5.66. The van der Waals surface area contributed by atoms with E-state index in [9.17, 15) is 21.6 Å². The van der Waals surface area contributed by atoms with Crippen LogP contribution < -0.4 is 10.1 Å². The lowest BCUT2D eigenvalue weighted by molar-refractivity contribution is -0.114. The number of methoxy groups -OCH3 is 1. The highest BCUT2D eigenvalue weighted by Gasteiger charge is 2.38. The van der Waals surface area contributed by atoms with Crippen LogP contribution in [0, 0.1) is 0 Å². The summed E-state index contributed by atoms with van der Waals surface area (Å²) in [6.45, 7) is 5.13. The van der Waals surface area contributed by atoms with Crippen LogP contribution >= 0.6 is 0 Å². The number of ether oxygens (including phenoxy) is 2. The molecule has 0 bridgehead atoms. The minimum Gasteiger partial charge on any atom is -0.495 e. The summed E-state index contributed by atoms with van der Waals surface area (Å²) in [7, 11) is -5.85. The molecule has 1 aromatic carbocycles. The Kier molecular flexibility index (Phi) is 8.15. The summed E-state index contributed by atoms with van der Waals surface area (Å²) in [6.07, 6.45) is 0.846. The van der Waals surface area contributed by atoms with E-state index >= 15 is 0 Å². The monoisotopic (exact) mass is 489 g/mol. The van der Waals surface area contributed by atoms with Gasteiger partial charge in [0.25, 0.3) is 0 Å². The molecular formula is C20H31N3O7S2. The number of nitrogens with one attached hydrogen (secondary N) is 1. The highest BCUT2D eigenvalue weighted by atomic mass is 32.2. The molecule has 1 amide bonds. The molecule has 1 aromatic rings. The van der Waals surface area contributed by atoms with Crippen molar-refractivity contribution in [1.29, 1.82) is 0 Å². The van der Waals surface area contributed by atoms with Crippen molar-refractivity contribution in [2.45, 2.75) is 30.7 Å². The molecule has 0 radical (unpaired) electrons. The third-order valence-corrected chi connectivity index (χ3v) is 9.36. The highest BCUT2D eigenvalue weighted by Crippen LogP contribution is 2.31. The fourth-order valence-electron chi connectivity index (χ4n) is 4.05. The van der Waals surface area contributed by atoms with Crippen molar-refractivity contribution in [2.24, 2.45) is 0 Å². The summed E-state index contributed by atoms with van der Waals surface area (Å²) in [6, 6.07) is 3.64. The molecule has 0 unspecified atom stereocenters. The van der Waals surface area contributed by atoms with Gasteiger partial charge in [-0.3, -0.25) is 9.69 Å². The van der Waals surface area contributed by atoms with Crippen molar-refractivity contribution < 1.29 is 31.1 Å². The molecule has 2 aliphatic heterocycles. The van der Waals surface area contributed by atoms with Gasteiger partial charge in [-0.05, 0) is 37.6 Å². The number of hydrogen-bond acceptors (Lipinski definition) is 8. The second-order valence-electron chi connectivity index (χ2n) is 8.02. The van der Waals surface area contributed by atoms with Gasteiger partial charge in [0.1, 0.15) is 5.75 Å². The molecule has 2 saturated heterocycles. The van der Waals surface area contributed by atoms with Crippen molar-refractivity contribution in [1.82, 2.24) is 9.21 Å². The van der Waals surface area contributed by atoms with Crippen molar-refractivity contribution >= 4 is 31.5 Å². The van der Waals surface area contributed by atoms with E-state index in [1.54, 1.807) is 0 Å². The normalized spacial score (nSPS) is 21.5. The minimum atomic E-state index is -4.00. The molecule has 0 aromatic heterocycles. The van der Waals surface area contributed by atoms with E-state index in [1.165, 1.54) is 36.5 Å². The van der Waals surface area contributed by atoms with Gasteiger partial charge in [-0.1, -0.05) is 0 Å². The van der Waals surface area contributed by atoms with Crippen LogP contribution in [0.3, 0.4) is 0 Å². The lowest BCUT2D eigenvalue weighted by Crippen LogP contribution is -2.43. The van der Waals surface area contributed by atoms with E-state index in [0.29, 0.717) is 31.9 Å². The van der Waals surface area contributed by atoms with Crippen LogP contribution in [0.1, 0.15) is 19.8 Å². The van der Waals surface area contributed by atoms with Crippen LogP contribution in [0.2, 0.25) is 0 Å². The maximum absolute atomic E-state index is 13.6. The summed E-state index contributed by atoms with van der Waals surface area (Å²) in [5, 5.41) is 2.58. The lowest BCUT2D eigenvalue weighted by atomic mass is 10.2. The van der Waals surface area contributed by atoms with Gasteiger partial charge in [0.2, 0.25) is 15.9 Å². The predicted molar refractivity (Wildman–Crippen MR) is 120 cm³/mol. The van der Waals surface area contributed by atoms with Crippen LogP contribution in [0.5, 0.6) is 5.75 Å². The Balaban J connectivity index is 1.85. The van der Waals surface area contributed by atoms with E-state index in [4.69, 9.17) is 9.47 Å². The van der Waals surface area contributed by atoms with Crippen LogP contribution in [0.25, 0.3) is 0 Å². The molecule has 0 spiro atoms. The smallest absolute Gasteiger partial charge is 0.243 e. The minimum absolute atomic E-state index is 0.0160. The Hall–Kier alpha value is -1.73. The van der Waals surface area contributed by atoms with Gasteiger partial charge in [-0.15, -0.1) is 0 Å². The number of sulfone groups is 1. The standard InChI is InChI=1S/C20H31N3O7S2/c1-16(24)21-19-14-18(4-5-20(19)29-2)32(27,28)23(17-6-13-31(25,26)15-17)8-3-7-22-9-11-30-12-10-22/h4-5,14,17H,3,6-13,15H2,1-2H3,(H,21,24)/t17-/m0/s1. The lowest BCUT2D eigenvalue weighted by Gasteiger charge is -2.30. The van der Waals surface area contributed by atoms with Gasteiger partial charge in [0, 0.05) is 32.6 Å². The third kappa shape index (κ3) is 6.19. The summed E-state index contributed by atoms with van der Waals surface area (Å²) in [5.74, 6) is -0.227. The van der Waals surface area contributed by atoms with Crippen LogP contribution in [-0.2, 0) is 29.4 Å². The van der Waals surface area contributed by atoms with E-state index in [-0.39, 0.29) is 41.0 Å². The second-order valence-corrected chi connectivity index (χ2v) is 12.1. The molecule has 3 rings (SSSR count). The number of sulfonamides is 1. The number of carbonyl (C=O) groups excluding carboxylic acids is 1. The zero-order valence-electron chi connectivity index (χ0n) is 18.4. The van der Waals surface area contributed by atoms with Gasteiger partial charge >= 0.3 is 0 Å². The van der Waals surface area contributed by atoms with Crippen molar-refractivity contribution in [3.8, 4) is 5.75 Å². The predicted octanol–water partition coefficient (Wildman–Crippen LogP) is 0.554. The largest absolute Gasteiger partial charge is 0.495 e. The molecule has 32 heavy (non-hydrogen) atoms. The van der Waals surface area contributed by atoms with Crippen molar-refractivity contribution in [2.75, 3.05) is 63.3 Å². The molecule has 0 aliphatic carbocycles. The second kappa shape index (κ2) is 10.5. The molecule has 10 nitrogen and oxygen atoms in total. The number of morpholine rings is 1. The number of rotatable bonds is 9. The topological polar surface area (TPSA) is 122 Å². The maximum Gasteiger partial charge on any atom is 0.243 e. The Labute approximate surface area is 189 Å². The number of amides is 1. The number of nitrogens with zero attached hydrogens (tertiary/aromatic N) is 2. The molecule has 180 valence electrons. The van der Waals surface area contributed by atoms with E-state index in [0.717, 1.165) is 13.1 Å². The number of benzene rings is 1. The maximum atomic E-state index is 13.6. The highest BCUT2D eigenvalue weighted by molar-refractivity contribution is 7.92. The fraction of sp³-hybridized carbons (Fsp3) is 0.650. The Morgan fingerprint density at radius 3 is 2.62 bits per heavy atom. The first kappa shape index (κ1) is 24.9. The van der Waals surface area contributed by atoms with Gasteiger partial charge in [-0.2, -0.15) is 4.31 Å². The SMILES string of the molecule is COc1ccc(S(=O)(=O)N(CCCN2CCOCC2)[C@H]2CCS(=O)(=O)C2)cc1NC(C)=O. The van der Waals surface area contributed by atoms with E-state index < -0.39 is 25.9 Å². The van der Waals surface area contributed by atoms with E-state index in [1.807, 2.05) is 0 Å².